The maximum absolute atomic E-state index is 12.4. The number of thiazole rings is 1. The Hall–Kier alpha value is -2.69. The van der Waals surface area contributed by atoms with Gasteiger partial charge >= 0.3 is 6.03 Å². The van der Waals surface area contributed by atoms with Crippen molar-refractivity contribution in [2.24, 2.45) is 0 Å². The molecule has 168 valence electrons. The Morgan fingerprint density at radius 1 is 1.16 bits per heavy atom. The van der Waals surface area contributed by atoms with Gasteiger partial charge in [-0.1, -0.05) is 12.1 Å². The van der Waals surface area contributed by atoms with Crippen molar-refractivity contribution in [3.05, 3.63) is 52.9 Å². The lowest BCUT2D eigenvalue weighted by atomic mass is 10.1. The summed E-state index contributed by atoms with van der Waals surface area (Å²) >= 11 is 3.28. The highest BCUT2D eigenvalue weighted by molar-refractivity contribution is 7.99. The Labute approximate surface area is 196 Å². The van der Waals surface area contributed by atoms with E-state index in [1.165, 1.54) is 21.8 Å². The summed E-state index contributed by atoms with van der Waals surface area (Å²) < 4.78 is 0. The van der Waals surface area contributed by atoms with E-state index in [0.29, 0.717) is 5.13 Å². The molecular weight excluding hydrogens is 442 g/mol. The molecule has 1 aliphatic heterocycles. The quantitative estimate of drug-likeness (QED) is 0.436. The molecule has 2 amide bonds. The van der Waals surface area contributed by atoms with Gasteiger partial charge in [0.05, 0.1) is 10.6 Å². The lowest BCUT2D eigenvalue weighted by Gasteiger charge is -2.11. The molecule has 0 spiro atoms. The molecule has 1 aromatic carbocycles. The molecule has 8 nitrogen and oxygen atoms in total. The molecule has 3 aromatic rings. The van der Waals surface area contributed by atoms with Gasteiger partial charge in [-0.25, -0.2) is 19.7 Å². The molecule has 2 aromatic heterocycles. The zero-order valence-corrected chi connectivity index (χ0v) is 19.9. The number of nitrogens with one attached hydrogen (secondary N) is 3. The second-order valence-corrected chi connectivity index (χ2v) is 9.96. The largest absolute Gasteiger partial charge is 0.369 e. The molecule has 0 aliphatic carbocycles. The number of thioether (sulfide) groups is 1. The molecule has 3 heterocycles. The van der Waals surface area contributed by atoms with Crippen molar-refractivity contribution in [1.29, 1.82) is 0 Å². The van der Waals surface area contributed by atoms with E-state index in [1.807, 2.05) is 24.4 Å². The highest BCUT2D eigenvalue weighted by atomic mass is 32.2. The SMILES string of the molecule is CN(C)CCc1cccc(NC(=O)Nc2ncc(CCNc3ncnc4c3SCC4)s2)c1. The number of aryl methyl sites for hydroxylation is 1. The summed E-state index contributed by atoms with van der Waals surface area (Å²) in [5.74, 6) is 1.97. The Bertz CT molecular complexity index is 1070. The minimum atomic E-state index is -0.289. The fraction of sp³-hybridized carbons (Fsp3) is 0.364. The third-order valence-corrected chi connectivity index (χ3v) is 7.03. The smallest absolute Gasteiger partial charge is 0.325 e. The van der Waals surface area contributed by atoms with Gasteiger partial charge in [0.15, 0.2) is 5.13 Å². The maximum Gasteiger partial charge on any atom is 0.325 e. The number of hydrogen-bond acceptors (Lipinski definition) is 8. The second kappa shape index (κ2) is 10.8. The summed E-state index contributed by atoms with van der Waals surface area (Å²) in [7, 11) is 4.10. The van der Waals surface area contributed by atoms with E-state index in [1.54, 1.807) is 18.1 Å². The second-order valence-electron chi connectivity index (χ2n) is 7.74. The maximum atomic E-state index is 12.4. The lowest BCUT2D eigenvalue weighted by molar-refractivity contribution is 0.262. The van der Waals surface area contributed by atoms with Crippen LogP contribution in [0.4, 0.5) is 21.4 Å². The third kappa shape index (κ3) is 6.18. The van der Waals surface area contributed by atoms with Crippen molar-refractivity contribution >= 4 is 45.8 Å². The first-order valence-corrected chi connectivity index (χ1v) is 12.3. The lowest BCUT2D eigenvalue weighted by Crippen LogP contribution is -2.19. The van der Waals surface area contributed by atoms with E-state index in [2.05, 4.69) is 56.0 Å². The monoisotopic (exact) mass is 469 g/mol. The fourth-order valence-corrected chi connectivity index (χ4v) is 5.21. The van der Waals surface area contributed by atoms with Crippen molar-refractivity contribution < 1.29 is 4.79 Å². The van der Waals surface area contributed by atoms with Gasteiger partial charge < -0.3 is 15.5 Å². The summed E-state index contributed by atoms with van der Waals surface area (Å²) in [6.45, 7) is 1.71. The van der Waals surface area contributed by atoms with Crippen molar-refractivity contribution in [3.63, 3.8) is 0 Å². The van der Waals surface area contributed by atoms with Crippen molar-refractivity contribution in [1.82, 2.24) is 19.9 Å². The zero-order valence-electron chi connectivity index (χ0n) is 18.2. The number of aromatic nitrogens is 3. The molecule has 0 saturated heterocycles. The minimum Gasteiger partial charge on any atom is -0.369 e. The van der Waals surface area contributed by atoms with Crippen LogP contribution in [0.1, 0.15) is 16.1 Å². The molecule has 10 heteroatoms. The number of carbonyl (C=O) groups is 1. The van der Waals surface area contributed by atoms with Gasteiger partial charge in [-0.15, -0.1) is 23.1 Å². The van der Waals surface area contributed by atoms with Crippen LogP contribution >= 0.6 is 23.1 Å². The number of likely N-dealkylation sites (N-methyl/N-ethyl adjacent to an activating group) is 1. The van der Waals surface area contributed by atoms with Crippen molar-refractivity contribution in [2.45, 2.75) is 24.2 Å². The highest BCUT2D eigenvalue weighted by Crippen LogP contribution is 2.34. The number of rotatable bonds is 9. The first-order valence-electron chi connectivity index (χ1n) is 10.5. The van der Waals surface area contributed by atoms with Crippen LogP contribution in [0, 0.1) is 0 Å². The molecule has 0 fully saturated rings. The van der Waals surface area contributed by atoms with Crippen molar-refractivity contribution in [2.75, 3.05) is 48.9 Å². The minimum absolute atomic E-state index is 0.289. The predicted molar refractivity (Wildman–Crippen MR) is 132 cm³/mol. The molecule has 0 bridgehead atoms. The molecule has 0 radical (unpaired) electrons. The van der Waals surface area contributed by atoms with Gasteiger partial charge in [0.25, 0.3) is 0 Å². The van der Waals surface area contributed by atoms with E-state index in [0.717, 1.165) is 60.2 Å². The van der Waals surface area contributed by atoms with Crippen LogP contribution in [0.15, 0.2) is 41.7 Å². The predicted octanol–water partition coefficient (Wildman–Crippen LogP) is 3.98. The Balaban J connectivity index is 1.25. The first kappa shape index (κ1) is 22.5. The van der Waals surface area contributed by atoms with Gasteiger partial charge in [-0.05, 0) is 38.2 Å². The molecular formula is C22H27N7OS2. The number of benzene rings is 1. The Kier molecular flexibility index (Phi) is 7.56. The molecule has 32 heavy (non-hydrogen) atoms. The normalized spacial score (nSPS) is 12.6. The summed E-state index contributed by atoms with van der Waals surface area (Å²) in [5.41, 5.74) is 3.09. The van der Waals surface area contributed by atoms with E-state index in [9.17, 15) is 4.79 Å². The van der Waals surface area contributed by atoms with Gasteiger partial charge in [0.2, 0.25) is 0 Å². The fourth-order valence-electron chi connectivity index (χ4n) is 3.32. The number of amides is 2. The standard InChI is InChI=1S/C22H27N7OS2/c1-29(2)10-7-15-4-3-5-16(12-15)27-21(30)28-22-24-13-17(32-22)6-9-23-20-19-18(8-11-31-19)25-14-26-20/h3-5,12-14H,6-11H2,1-2H3,(H,23,25,26)(H2,24,27,28,30). The summed E-state index contributed by atoms with van der Waals surface area (Å²) in [5, 5.41) is 9.70. The van der Waals surface area contributed by atoms with Gasteiger partial charge in [0, 0.05) is 48.4 Å². The Morgan fingerprint density at radius 3 is 2.94 bits per heavy atom. The van der Waals surface area contributed by atoms with Crippen LogP contribution in [0.2, 0.25) is 0 Å². The summed E-state index contributed by atoms with van der Waals surface area (Å²) in [6, 6.07) is 7.63. The molecule has 0 unspecified atom stereocenters. The number of nitrogens with zero attached hydrogens (tertiary/aromatic N) is 4. The third-order valence-electron chi connectivity index (χ3n) is 4.93. The summed E-state index contributed by atoms with van der Waals surface area (Å²) in [4.78, 5) is 29.8. The van der Waals surface area contributed by atoms with Gasteiger partial charge in [-0.2, -0.15) is 0 Å². The number of carbonyl (C=O) groups excluding carboxylic acids is 1. The number of fused-ring (bicyclic) bond motifs is 1. The van der Waals surface area contributed by atoms with Crippen LogP contribution in [0.5, 0.6) is 0 Å². The molecule has 4 rings (SSSR count). The molecule has 3 N–H and O–H groups in total. The van der Waals surface area contributed by atoms with Gasteiger partial charge in [0.1, 0.15) is 12.1 Å². The molecule has 0 saturated carbocycles. The van der Waals surface area contributed by atoms with Crippen LogP contribution in [-0.4, -0.2) is 58.8 Å². The van der Waals surface area contributed by atoms with Crippen LogP contribution in [0.25, 0.3) is 0 Å². The average molecular weight is 470 g/mol. The van der Waals surface area contributed by atoms with Crippen LogP contribution in [0.3, 0.4) is 0 Å². The van der Waals surface area contributed by atoms with Crippen LogP contribution < -0.4 is 16.0 Å². The zero-order chi connectivity index (χ0) is 22.3. The molecule has 1 aliphatic rings. The van der Waals surface area contributed by atoms with E-state index >= 15 is 0 Å². The Morgan fingerprint density at radius 2 is 2.06 bits per heavy atom. The molecule has 0 atom stereocenters. The van der Waals surface area contributed by atoms with E-state index in [-0.39, 0.29) is 6.03 Å². The van der Waals surface area contributed by atoms with Crippen LogP contribution in [-0.2, 0) is 19.3 Å². The first-order chi connectivity index (χ1) is 15.6. The topological polar surface area (TPSA) is 95.1 Å². The highest BCUT2D eigenvalue weighted by Gasteiger charge is 2.17. The summed E-state index contributed by atoms with van der Waals surface area (Å²) in [6.07, 6.45) is 6.17. The van der Waals surface area contributed by atoms with E-state index in [4.69, 9.17) is 0 Å². The van der Waals surface area contributed by atoms with Gasteiger partial charge in [-0.3, -0.25) is 5.32 Å². The number of anilines is 3. The number of urea groups is 1. The van der Waals surface area contributed by atoms with Crippen molar-refractivity contribution in [3.8, 4) is 0 Å². The van der Waals surface area contributed by atoms with E-state index < -0.39 is 0 Å². The average Bonchev–Trinajstić information content (AvgIpc) is 3.42. The number of hydrogen-bond donors (Lipinski definition) is 3.